The van der Waals surface area contributed by atoms with Gasteiger partial charge in [-0.1, -0.05) is 40.2 Å². The second-order valence-electron chi connectivity index (χ2n) is 4.96. The first-order chi connectivity index (χ1) is 11.5. The van der Waals surface area contributed by atoms with Crippen LogP contribution < -0.4 is 10.2 Å². The highest BCUT2D eigenvalue weighted by atomic mass is 79.9. The number of benzene rings is 2. The van der Waals surface area contributed by atoms with Crippen LogP contribution in [-0.4, -0.2) is 17.8 Å². The Morgan fingerprint density at radius 3 is 2.50 bits per heavy atom. The van der Waals surface area contributed by atoms with E-state index in [1.807, 2.05) is 0 Å². The lowest BCUT2D eigenvalue weighted by molar-refractivity contribution is -0.122. The molecule has 5 nitrogen and oxygen atoms in total. The third kappa shape index (κ3) is 2.98. The summed E-state index contributed by atoms with van der Waals surface area (Å²) in [7, 11) is 0. The number of para-hydroxylation sites is 1. The zero-order valence-corrected chi connectivity index (χ0v) is 13.7. The van der Waals surface area contributed by atoms with Crippen LogP contribution in [0.25, 0.3) is 6.08 Å². The van der Waals surface area contributed by atoms with Crippen LogP contribution in [0.5, 0.6) is 0 Å². The smallest absolute Gasteiger partial charge is 0.273 e. The molecule has 24 heavy (non-hydrogen) atoms. The molecule has 0 aromatic heterocycles. The summed E-state index contributed by atoms with van der Waals surface area (Å²) in [6.07, 6.45) is 1.35. The summed E-state index contributed by atoms with van der Waals surface area (Å²) in [4.78, 5) is 37.2. The molecule has 1 aliphatic heterocycles. The molecule has 0 bridgehead atoms. The standard InChI is InChI=1S/C17H10BrFN2O3/c18-11-5-3-4-10(8-11)9-12-15(22)20-17(24)21(16(12)23)14-7-2-1-6-13(14)19/h1-9H,(H,20,22,24). The van der Waals surface area contributed by atoms with Crippen molar-refractivity contribution in [2.24, 2.45) is 0 Å². The van der Waals surface area contributed by atoms with Crippen molar-refractivity contribution in [3.05, 3.63) is 70.0 Å². The molecule has 2 aromatic rings. The molecule has 0 spiro atoms. The molecule has 7 heteroatoms. The Bertz CT molecular complexity index is 895. The highest BCUT2D eigenvalue weighted by molar-refractivity contribution is 9.10. The fourth-order valence-electron chi connectivity index (χ4n) is 2.27. The third-order valence-electron chi connectivity index (χ3n) is 3.35. The number of halogens is 2. The molecule has 3 rings (SSSR count). The van der Waals surface area contributed by atoms with E-state index in [1.54, 1.807) is 24.3 Å². The van der Waals surface area contributed by atoms with E-state index in [0.717, 1.165) is 10.5 Å². The van der Waals surface area contributed by atoms with E-state index in [0.29, 0.717) is 10.5 Å². The van der Waals surface area contributed by atoms with Gasteiger partial charge in [-0.15, -0.1) is 0 Å². The number of imide groups is 2. The van der Waals surface area contributed by atoms with Crippen LogP contribution in [0.4, 0.5) is 14.9 Å². The van der Waals surface area contributed by atoms with Gasteiger partial charge < -0.3 is 0 Å². The third-order valence-corrected chi connectivity index (χ3v) is 3.85. The molecule has 0 unspecified atom stereocenters. The number of amides is 4. The molecule has 1 heterocycles. The van der Waals surface area contributed by atoms with Gasteiger partial charge in [0.2, 0.25) is 0 Å². The van der Waals surface area contributed by atoms with E-state index < -0.39 is 23.7 Å². The molecule has 120 valence electrons. The van der Waals surface area contributed by atoms with Gasteiger partial charge in [-0.05, 0) is 35.9 Å². The average molecular weight is 389 g/mol. The summed E-state index contributed by atoms with van der Waals surface area (Å²) in [5.74, 6) is -2.44. The van der Waals surface area contributed by atoms with Crippen molar-refractivity contribution in [1.82, 2.24) is 5.32 Å². The first-order valence-corrected chi connectivity index (χ1v) is 7.68. The van der Waals surface area contributed by atoms with Gasteiger partial charge >= 0.3 is 6.03 Å². The van der Waals surface area contributed by atoms with E-state index in [9.17, 15) is 18.8 Å². The maximum absolute atomic E-state index is 13.9. The maximum atomic E-state index is 13.9. The predicted octanol–water partition coefficient (Wildman–Crippen LogP) is 3.25. The summed E-state index contributed by atoms with van der Waals surface area (Å²) in [6, 6.07) is 11.3. The number of barbiturate groups is 1. The number of hydrogen-bond acceptors (Lipinski definition) is 3. The Hall–Kier alpha value is -2.80. The zero-order valence-electron chi connectivity index (χ0n) is 12.1. The molecular weight excluding hydrogens is 379 g/mol. The van der Waals surface area contributed by atoms with Gasteiger partial charge in [0.1, 0.15) is 11.4 Å². The molecular formula is C17H10BrFN2O3. The number of nitrogens with zero attached hydrogens (tertiary/aromatic N) is 1. The number of hydrogen-bond donors (Lipinski definition) is 1. The molecule has 1 aliphatic rings. The molecule has 0 radical (unpaired) electrons. The van der Waals surface area contributed by atoms with Crippen LogP contribution in [0.3, 0.4) is 0 Å². The van der Waals surface area contributed by atoms with Crippen LogP contribution >= 0.6 is 15.9 Å². The number of carbonyl (C=O) groups excluding carboxylic acids is 3. The quantitative estimate of drug-likeness (QED) is 0.634. The summed E-state index contributed by atoms with van der Waals surface area (Å²) >= 11 is 3.30. The van der Waals surface area contributed by atoms with Gasteiger partial charge in [-0.3, -0.25) is 14.9 Å². The molecule has 1 saturated heterocycles. The van der Waals surface area contributed by atoms with Crippen LogP contribution in [0.1, 0.15) is 5.56 Å². The van der Waals surface area contributed by atoms with Crippen LogP contribution in [0, 0.1) is 5.82 Å². The van der Waals surface area contributed by atoms with Crippen LogP contribution in [0.2, 0.25) is 0 Å². The SMILES string of the molecule is O=C1NC(=O)N(c2ccccc2F)C(=O)C1=Cc1cccc(Br)c1. The van der Waals surface area contributed by atoms with Crippen molar-refractivity contribution >= 4 is 45.5 Å². The van der Waals surface area contributed by atoms with Crippen molar-refractivity contribution in [2.45, 2.75) is 0 Å². The predicted molar refractivity (Wildman–Crippen MR) is 89.5 cm³/mol. The lowest BCUT2D eigenvalue weighted by atomic mass is 10.1. The summed E-state index contributed by atoms with van der Waals surface area (Å²) < 4.78 is 14.7. The number of anilines is 1. The maximum Gasteiger partial charge on any atom is 0.336 e. The van der Waals surface area contributed by atoms with E-state index in [1.165, 1.54) is 24.3 Å². The average Bonchev–Trinajstić information content (AvgIpc) is 2.53. The lowest BCUT2D eigenvalue weighted by Gasteiger charge is -2.26. The first kappa shape index (κ1) is 16.1. The number of urea groups is 1. The van der Waals surface area contributed by atoms with Gasteiger partial charge in [0, 0.05) is 4.47 Å². The Labute approximate surface area is 144 Å². The van der Waals surface area contributed by atoms with Gasteiger partial charge in [-0.25, -0.2) is 14.1 Å². The fraction of sp³-hybridized carbons (Fsp3) is 0. The Morgan fingerprint density at radius 2 is 1.79 bits per heavy atom. The van der Waals surface area contributed by atoms with Crippen molar-refractivity contribution in [1.29, 1.82) is 0 Å². The number of carbonyl (C=O) groups is 3. The van der Waals surface area contributed by atoms with Gasteiger partial charge in [-0.2, -0.15) is 0 Å². The minimum absolute atomic E-state index is 0.215. The topological polar surface area (TPSA) is 66.5 Å². The molecule has 1 fully saturated rings. The highest BCUT2D eigenvalue weighted by Gasteiger charge is 2.37. The second kappa shape index (κ2) is 6.37. The second-order valence-corrected chi connectivity index (χ2v) is 5.88. The van der Waals surface area contributed by atoms with Crippen molar-refractivity contribution in [2.75, 3.05) is 4.90 Å². The number of rotatable bonds is 2. The molecule has 0 atom stereocenters. The van der Waals surface area contributed by atoms with Crippen molar-refractivity contribution < 1.29 is 18.8 Å². The van der Waals surface area contributed by atoms with Crippen molar-refractivity contribution in [3.8, 4) is 0 Å². The minimum atomic E-state index is -0.985. The van der Waals surface area contributed by atoms with Crippen LogP contribution in [0.15, 0.2) is 58.6 Å². The Balaban J connectivity index is 2.05. The van der Waals surface area contributed by atoms with E-state index >= 15 is 0 Å². The lowest BCUT2D eigenvalue weighted by Crippen LogP contribution is -2.54. The highest BCUT2D eigenvalue weighted by Crippen LogP contribution is 2.24. The summed E-state index contributed by atoms with van der Waals surface area (Å²) in [5, 5.41) is 2.05. The molecule has 2 aromatic carbocycles. The zero-order chi connectivity index (χ0) is 17.3. The monoisotopic (exact) mass is 388 g/mol. The van der Waals surface area contributed by atoms with E-state index in [4.69, 9.17) is 0 Å². The summed E-state index contributed by atoms with van der Waals surface area (Å²) in [6.45, 7) is 0. The van der Waals surface area contributed by atoms with Gasteiger partial charge in [0.15, 0.2) is 0 Å². The number of nitrogens with one attached hydrogen (secondary N) is 1. The van der Waals surface area contributed by atoms with Crippen LogP contribution in [-0.2, 0) is 9.59 Å². The molecule has 1 N–H and O–H groups in total. The minimum Gasteiger partial charge on any atom is -0.273 e. The molecule has 0 aliphatic carbocycles. The Morgan fingerprint density at radius 1 is 1.04 bits per heavy atom. The van der Waals surface area contributed by atoms with E-state index in [2.05, 4.69) is 21.2 Å². The van der Waals surface area contributed by atoms with Crippen molar-refractivity contribution in [3.63, 3.8) is 0 Å². The largest absolute Gasteiger partial charge is 0.336 e. The molecule has 0 saturated carbocycles. The van der Waals surface area contributed by atoms with Gasteiger partial charge in [0.05, 0.1) is 5.69 Å². The molecule has 4 amide bonds. The van der Waals surface area contributed by atoms with Gasteiger partial charge in [0.25, 0.3) is 11.8 Å². The fourth-order valence-corrected chi connectivity index (χ4v) is 2.69. The first-order valence-electron chi connectivity index (χ1n) is 6.89. The summed E-state index contributed by atoms with van der Waals surface area (Å²) in [5.41, 5.74) is 0.120. The van der Waals surface area contributed by atoms with E-state index in [-0.39, 0.29) is 11.3 Å². The Kier molecular flexibility index (Phi) is 4.26. The normalized spacial score (nSPS) is 16.5.